The highest BCUT2D eigenvalue weighted by Gasteiger charge is 2.29. The molecule has 3 N–H and O–H groups in total. The zero-order chi connectivity index (χ0) is 11.3. The van der Waals surface area contributed by atoms with E-state index in [0.717, 1.165) is 25.7 Å². The monoisotopic (exact) mass is 236 g/mol. The van der Waals surface area contributed by atoms with Gasteiger partial charge in [0.2, 0.25) is 10.0 Å². The lowest BCUT2D eigenvalue weighted by Gasteiger charge is -2.27. The molecule has 1 heterocycles. The lowest BCUT2D eigenvalue weighted by molar-refractivity contribution is 0.186. The Morgan fingerprint density at radius 3 is 2.67 bits per heavy atom. The van der Waals surface area contributed by atoms with Crippen LogP contribution < -0.4 is 5.73 Å². The van der Waals surface area contributed by atoms with Crippen molar-refractivity contribution in [2.75, 3.05) is 25.4 Å². The van der Waals surface area contributed by atoms with Crippen LogP contribution in [0.4, 0.5) is 0 Å². The molecule has 0 spiro atoms. The maximum Gasteiger partial charge on any atom is 0.215 e. The van der Waals surface area contributed by atoms with Gasteiger partial charge in [0.05, 0.1) is 12.4 Å². The molecule has 0 aromatic carbocycles. The van der Waals surface area contributed by atoms with Crippen LogP contribution in [0.15, 0.2) is 0 Å². The van der Waals surface area contributed by atoms with Crippen LogP contribution in [-0.2, 0) is 10.0 Å². The van der Waals surface area contributed by atoms with Crippen molar-refractivity contribution in [3.63, 3.8) is 0 Å². The molecule has 1 fully saturated rings. The maximum atomic E-state index is 11.8. The van der Waals surface area contributed by atoms with Crippen LogP contribution in [0.5, 0.6) is 0 Å². The van der Waals surface area contributed by atoms with E-state index in [9.17, 15) is 13.5 Å². The summed E-state index contributed by atoms with van der Waals surface area (Å²) in [5.41, 5.74) is 5.28. The molecule has 0 aliphatic carbocycles. The fourth-order valence-corrected chi connectivity index (χ4v) is 3.53. The Labute approximate surface area is 91.3 Å². The van der Waals surface area contributed by atoms with E-state index in [2.05, 4.69) is 0 Å². The van der Waals surface area contributed by atoms with Crippen molar-refractivity contribution in [1.82, 2.24) is 4.31 Å². The second kappa shape index (κ2) is 5.79. The maximum absolute atomic E-state index is 11.8. The van der Waals surface area contributed by atoms with E-state index in [1.165, 1.54) is 4.31 Å². The smallest absolute Gasteiger partial charge is 0.215 e. The van der Waals surface area contributed by atoms with Gasteiger partial charge in [-0.25, -0.2) is 8.42 Å². The fraction of sp³-hybridized carbons (Fsp3) is 1.00. The van der Waals surface area contributed by atoms with E-state index in [0.29, 0.717) is 6.54 Å². The second-order valence-corrected chi connectivity index (χ2v) is 5.94. The van der Waals surface area contributed by atoms with Crippen molar-refractivity contribution >= 4 is 10.0 Å². The third-order valence-corrected chi connectivity index (χ3v) is 4.71. The Kier molecular flexibility index (Phi) is 4.98. The van der Waals surface area contributed by atoms with E-state index in [-0.39, 0.29) is 24.9 Å². The van der Waals surface area contributed by atoms with Crippen molar-refractivity contribution in [3.05, 3.63) is 0 Å². The molecule has 1 saturated heterocycles. The van der Waals surface area contributed by atoms with Crippen LogP contribution in [0.3, 0.4) is 0 Å². The largest absolute Gasteiger partial charge is 0.395 e. The van der Waals surface area contributed by atoms with Gasteiger partial charge in [-0.2, -0.15) is 4.31 Å². The molecule has 0 saturated carbocycles. The number of hydrogen-bond acceptors (Lipinski definition) is 4. The van der Waals surface area contributed by atoms with Crippen LogP contribution in [-0.4, -0.2) is 49.3 Å². The Balaban J connectivity index is 2.78. The predicted molar refractivity (Wildman–Crippen MR) is 58.9 cm³/mol. The van der Waals surface area contributed by atoms with Gasteiger partial charge in [0.15, 0.2) is 0 Å². The normalized spacial score (nSPS) is 25.1. The number of hydrogen-bond donors (Lipinski definition) is 2. The van der Waals surface area contributed by atoms with Crippen molar-refractivity contribution in [2.24, 2.45) is 5.73 Å². The first-order valence-electron chi connectivity index (χ1n) is 5.42. The summed E-state index contributed by atoms with van der Waals surface area (Å²) in [6.45, 7) is 0.564. The quantitative estimate of drug-likeness (QED) is 0.690. The van der Waals surface area contributed by atoms with Crippen molar-refractivity contribution in [2.45, 2.75) is 31.7 Å². The first-order valence-corrected chi connectivity index (χ1v) is 7.03. The Hall–Kier alpha value is -0.170. The molecule has 1 atom stereocenters. The minimum Gasteiger partial charge on any atom is -0.395 e. The topological polar surface area (TPSA) is 83.6 Å². The Morgan fingerprint density at radius 2 is 2.07 bits per heavy atom. The molecule has 0 radical (unpaired) electrons. The third kappa shape index (κ3) is 3.41. The van der Waals surface area contributed by atoms with Gasteiger partial charge in [-0.05, 0) is 12.8 Å². The van der Waals surface area contributed by atoms with Gasteiger partial charge in [-0.3, -0.25) is 0 Å². The lowest BCUT2D eigenvalue weighted by atomic mass is 10.1. The number of aliphatic hydroxyl groups is 1. The van der Waals surface area contributed by atoms with E-state index in [1.807, 2.05) is 0 Å². The molecule has 0 aromatic heterocycles. The van der Waals surface area contributed by atoms with Crippen molar-refractivity contribution < 1.29 is 13.5 Å². The molecular formula is C9H20N2O3S. The van der Waals surface area contributed by atoms with E-state index < -0.39 is 10.0 Å². The minimum atomic E-state index is -3.27. The van der Waals surface area contributed by atoms with Crippen LogP contribution in [0, 0.1) is 0 Å². The van der Waals surface area contributed by atoms with Gasteiger partial charge in [-0.15, -0.1) is 0 Å². The van der Waals surface area contributed by atoms with Crippen LogP contribution in [0.2, 0.25) is 0 Å². The Morgan fingerprint density at radius 1 is 1.33 bits per heavy atom. The number of nitrogens with zero attached hydrogens (tertiary/aromatic N) is 1. The van der Waals surface area contributed by atoms with Gasteiger partial charge in [-0.1, -0.05) is 12.8 Å². The standard InChI is InChI=1S/C9H20N2O3S/c10-5-7-15(13,14)11-6-3-1-2-4-9(11)8-12/h9,12H,1-8,10H2. The van der Waals surface area contributed by atoms with Crippen LogP contribution in [0.25, 0.3) is 0 Å². The summed E-state index contributed by atoms with van der Waals surface area (Å²) in [5, 5.41) is 9.18. The van der Waals surface area contributed by atoms with Gasteiger partial charge >= 0.3 is 0 Å². The molecule has 0 bridgehead atoms. The lowest BCUT2D eigenvalue weighted by Crippen LogP contribution is -2.44. The minimum absolute atomic E-state index is 0.0243. The summed E-state index contributed by atoms with van der Waals surface area (Å²) in [6.07, 6.45) is 3.64. The highest BCUT2D eigenvalue weighted by Crippen LogP contribution is 2.19. The SMILES string of the molecule is NCCS(=O)(=O)N1CCCCCC1CO. The number of aliphatic hydroxyl groups excluding tert-OH is 1. The molecule has 0 amide bonds. The van der Waals surface area contributed by atoms with E-state index >= 15 is 0 Å². The number of sulfonamides is 1. The van der Waals surface area contributed by atoms with Crippen LogP contribution >= 0.6 is 0 Å². The zero-order valence-corrected chi connectivity index (χ0v) is 9.75. The molecule has 5 nitrogen and oxygen atoms in total. The average Bonchev–Trinajstić information content (AvgIpc) is 2.42. The summed E-state index contributed by atoms with van der Waals surface area (Å²) in [4.78, 5) is 0. The third-order valence-electron chi connectivity index (χ3n) is 2.77. The van der Waals surface area contributed by atoms with Crippen LogP contribution in [0.1, 0.15) is 25.7 Å². The molecule has 90 valence electrons. The highest BCUT2D eigenvalue weighted by atomic mass is 32.2. The molecule has 1 rings (SSSR count). The van der Waals surface area contributed by atoms with Gasteiger partial charge in [0, 0.05) is 19.1 Å². The first-order chi connectivity index (χ1) is 7.11. The molecule has 0 aromatic rings. The Bertz CT molecular complexity index is 279. The fourth-order valence-electron chi connectivity index (χ4n) is 1.97. The zero-order valence-electron chi connectivity index (χ0n) is 8.93. The second-order valence-electron chi connectivity index (χ2n) is 3.90. The first kappa shape index (κ1) is 12.9. The molecule has 1 aliphatic heterocycles. The summed E-state index contributed by atoms with van der Waals surface area (Å²) in [7, 11) is -3.27. The molecule has 1 aliphatic rings. The van der Waals surface area contributed by atoms with Crippen molar-refractivity contribution in [3.8, 4) is 0 Å². The summed E-state index contributed by atoms with van der Waals surface area (Å²) in [6, 6.07) is -0.246. The van der Waals surface area contributed by atoms with Crippen molar-refractivity contribution in [1.29, 1.82) is 0 Å². The van der Waals surface area contributed by atoms with Gasteiger partial charge in [0.1, 0.15) is 0 Å². The number of nitrogens with two attached hydrogens (primary N) is 1. The molecule has 15 heavy (non-hydrogen) atoms. The van der Waals surface area contributed by atoms with Gasteiger partial charge < -0.3 is 10.8 Å². The summed E-state index contributed by atoms with van der Waals surface area (Å²) >= 11 is 0. The number of rotatable bonds is 4. The predicted octanol–water partition coefficient (Wildman–Crippen LogP) is -0.488. The molecular weight excluding hydrogens is 216 g/mol. The van der Waals surface area contributed by atoms with E-state index in [4.69, 9.17) is 5.73 Å². The summed E-state index contributed by atoms with van der Waals surface area (Å²) < 4.78 is 25.1. The van der Waals surface area contributed by atoms with Gasteiger partial charge in [0.25, 0.3) is 0 Å². The molecule has 6 heteroatoms. The average molecular weight is 236 g/mol. The highest BCUT2D eigenvalue weighted by molar-refractivity contribution is 7.89. The van der Waals surface area contributed by atoms with E-state index in [1.54, 1.807) is 0 Å². The molecule has 1 unspecified atom stereocenters. The summed E-state index contributed by atoms with van der Waals surface area (Å²) in [5.74, 6) is -0.0243.